The molecule has 2 aromatic carbocycles. The predicted octanol–water partition coefficient (Wildman–Crippen LogP) is 3.91. The highest BCUT2D eigenvalue weighted by atomic mass is 16.7. The number of nitro benzene ring substituents is 1. The number of rotatable bonds is 10. The second kappa shape index (κ2) is 10.5. The fourth-order valence-corrected chi connectivity index (χ4v) is 3.31. The average Bonchev–Trinajstić information content (AvgIpc) is 3.59. The number of anilines is 4. The molecule has 1 aliphatic heterocycles. The van der Waals surface area contributed by atoms with Gasteiger partial charge in [0.25, 0.3) is 5.69 Å². The topological polar surface area (TPSA) is 171 Å². The van der Waals surface area contributed by atoms with Gasteiger partial charge in [-0.05, 0) is 42.5 Å². The summed E-state index contributed by atoms with van der Waals surface area (Å²) in [6, 6.07) is 13.6. The van der Waals surface area contributed by atoms with Crippen LogP contribution in [0, 0.1) is 10.1 Å². The molecule has 0 bridgehead atoms. The third-order valence-corrected chi connectivity index (χ3v) is 5.07. The van der Waals surface area contributed by atoms with Gasteiger partial charge in [0.05, 0.1) is 42.7 Å². The molecule has 0 saturated heterocycles. The molecule has 0 unspecified atom stereocenters. The Morgan fingerprint density at radius 3 is 2.57 bits per heavy atom. The van der Waals surface area contributed by atoms with Crippen LogP contribution in [-0.4, -0.2) is 40.0 Å². The van der Waals surface area contributed by atoms with E-state index in [1.807, 2.05) is 18.2 Å². The number of nitrogens with zero attached hydrogens (tertiary/aromatic N) is 5. The highest BCUT2D eigenvalue weighted by Gasteiger charge is 2.22. The van der Waals surface area contributed by atoms with Gasteiger partial charge in [-0.15, -0.1) is 0 Å². The molecule has 1 aliphatic rings. The minimum Gasteiger partial charge on any atom is -0.497 e. The molecule has 4 aromatic rings. The maximum Gasteiger partial charge on any atom is 0.282 e. The number of furan rings is 1. The predicted molar refractivity (Wildman–Crippen MR) is 133 cm³/mol. The first-order valence-corrected chi connectivity index (χ1v) is 10.9. The molecule has 0 spiro atoms. The maximum atomic E-state index is 11.5. The zero-order valence-electron chi connectivity index (χ0n) is 19.4. The molecular weight excluding hydrogens is 484 g/mol. The van der Waals surface area contributed by atoms with Crippen LogP contribution in [0.15, 0.2) is 64.3 Å². The third-order valence-electron chi connectivity index (χ3n) is 5.07. The number of nitrogens with one attached hydrogen (secondary N) is 3. The Morgan fingerprint density at radius 1 is 1.08 bits per heavy atom. The van der Waals surface area contributed by atoms with Gasteiger partial charge in [0.1, 0.15) is 11.5 Å². The smallest absolute Gasteiger partial charge is 0.282 e. The number of ether oxygens (including phenoxy) is 3. The molecule has 188 valence electrons. The SMILES string of the molecule is COc1ccc(Nc2nc(NCc3ccco3)nc(NN=Cc3cc4c(cc3[N+](=O)[O-])OCO4)n2)cc1. The van der Waals surface area contributed by atoms with Crippen molar-refractivity contribution in [2.24, 2.45) is 5.10 Å². The largest absolute Gasteiger partial charge is 0.497 e. The first-order valence-electron chi connectivity index (χ1n) is 10.9. The molecule has 14 heteroatoms. The van der Waals surface area contributed by atoms with Crippen LogP contribution < -0.4 is 30.3 Å². The lowest BCUT2D eigenvalue weighted by molar-refractivity contribution is -0.385. The Hall–Kier alpha value is -5.40. The van der Waals surface area contributed by atoms with Crippen molar-refractivity contribution < 1.29 is 23.6 Å². The van der Waals surface area contributed by atoms with Gasteiger partial charge in [-0.25, -0.2) is 5.43 Å². The van der Waals surface area contributed by atoms with Crippen molar-refractivity contribution in [1.29, 1.82) is 0 Å². The van der Waals surface area contributed by atoms with E-state index in [1.165, 1.54) is 18.3 Å². The fraction of sp³-hybridized carbons (Fsp3) is 0.130. The van der Waals surface area contributed by atoms with Crippen molar-refractivity contribution in [3.05, 3.63) is 76.2 Å². The van der Waals surface area contributed by atoms with Crippen molar-refractivity contribution in [2.45, 2.75) is 6.54 Å². The summed E-state index contributed by atoms with van der Waals surface area (Å²) in [5.41, 5.74) is 3.44. The van der Waals surface area contributed by atoms with Crippen LogP contribution in [0.4, 0.5) is 29.2 Å². The summed E-state index contributed by atoms with van der Waals surface area (Å²) in [5.74, 6) is 2.65. The zero-order valence-corrected chi connectivity index (χ0v) is 19.4. The van der Waals surface area contributed by atoms with Gasteiger partial charge in [0.15, 0.2) is 11.5 Å². The highest BCUT2D eigenvalue weighted by molar-refractivity contribution is 5.87. The van der Waals surface area contributed by atoms with Gasteiger partial charge in [-0.1, -0.05) is 0 Å². The number of methoxy groups -OCH3 is 1. The zero-order chi connectivity index (χ0) is 25.6. The van der Waals surface area contributed by atoms with Crippen LogP contribution in [0.25, 0.3) is 0 Å². The van der Waals surface area contributed by atoms with E-state index in [4.69, 9.17) is 18.6 Å². The quantitative estimate of drug-likeness (QED) is 0.162. The molecule has 3 N–H and O–H groups in total. The number of hydrazone groups is 1. The highest BCUT2D eigenvalue weighted by Crippen LogP contribution is 2.37. The van der Waals surface area contributed by atoms with E-state index in [0.717, 1.165) is 5.69 Å². The van der Waals surface area contributed by atoms with Crippen molar-refractivity contribution in [3.63, 3.8) is 0 Å². The summed E-state index contributed by atoms with van der Waals surface area (Å²) < 4.78 is 21.0. The minimum absolute atomic E-state index is 0.00601. The number of hydrogen-bond donors (Lipinski definition) is 3. The number of aromatic nitrogens is 3. The summed E-state index contributed by atoms with van der Waals surface area (Å²) in [6.45, 7) is 0.332. The van der Waals surface area contributed by atoms with E-state index in [0.29, 0.717) is 29.6 Å². The molecule has 37 heavy (non-hydrogen) atoms. The number of hydrogen-bond acceptors (Lipinski definition) is 13. The molecular formula is C23H20N8O6. The molecule has 0 aliphatic carbocycles. The molecule has 0 atom stereocenters. The van der Waals surface area contributed by atoms with Crippen LogP contribution in [-0.2, 0) is 6.54 Å². The maximum absolute atomic E-state index is 11.5. The molecule has 5 rings (SSSR count). The Morgan fingerprint density at radius 2 is 1.84 bits per heavy atom. The summed E-state index contributed by atoms with van der Waals surface area (Å²) in [4.78, 5) is 24.0. The van der Waals surface area contributed by atoms with Crippen LogP contribution in [0.5, 0.6) is 17.2 Å². The molecule has 0 amide bonds. The summed E-state index contributed by atoms with van der Waals surface area (Å²) in [7, 11) is 1.59. The molecule has 0 radical (unpaired) electrons. The van der Waals surface area contributed by atoms with Crippen molar-refractivity contribution in [1.82, 2.24) is 15.0 Å². The third kappa shape index (κ3) is 5.64. The van der Waals surface area contributed by atoms with Gasteiger partial charge in [-0.3, -0.25) is 10.1 Å². The monoisotopic (exact) mass is 504 g/mol. The van der Waals surface area contributed by atoms with E-state index in [1.54, 1.807) is 31.6 Å². The van der Waals surface area contributed by atoms with E-state index < -0.39 is 4.92 Å². The first kappa shape index (κ1) is 23.3. The van der Waals surface area contributed by atoms with E-state index >= 15 is 0 Å². The van der Waals surface area contributed by atoms with E-state index in [2.05, 4.69) is 36.1 Å². The van der Waals surface area contributed by atoms with Crippen molar-refractivity contribution in [3.8, 4) is 17.2 Å². The standard InChI is InChI=1S/C23H20N8O6/c1-34-16-6-4-15(5-7-16)26-22-27-21(24-12-17-3-2-8-35-17)28-23(29-22)30-25-11-14-9-19-20(37-13-36-19)10-18(14)31(32)33/h2-11H,12-13H2,1H3,(H3,24,26,27,28,29,30). The molecule has 14 nitrogen and oxygen atoms in total. The van der Waals surface area contributed by atoms with Crippen molar-refractivity contribution in [2.75, 3.05) is 30.0 Å². The van der Waals surface area contributed by atoms with Gasteiger partial charge in [0.2, 0.25) is 24.6 Å². The first-order chi connectivity index (χ1) is 18.1. The van der Waals surface area contributed by atoms with Crippen molar-refractivity contribution >= 4 is 35.4 Å². The fourth-order valence-electron chi connectivity index (χ4n) is 3.31. The average molecular weight is 504 g/mol. The van der Waals surface area contributed by atoms with Crippen LogP contribution in [0.3, 0.4) is 0 Å². The number of nitro groups is 1. The van der Waals surface area contributed by atoms with Gasteiger partial charge in [0, 0.05) is 5.69 Å². The normalized spacial score (nSPS) is 11.9. The Kier molecular flexibility index (Phi) is 6.61. The van der Waals surface area contributed by atoms with Gasteiger partial charge < -0.3 is 29.3 Å². The summed E-state index contributed by atoms with van der Waals surface area (Å²) in [5, 5.41) is 21.7. The van der Waals surface area contributed by atoms with E-state index in [-0.39, 0.29) is 35.9 Å². The lowest BCUT2D eigenvalue weighted by Crippen LogP contribution is -2.09. The Balaban J connectivity index is 1.38. The van der Waals surface area contributed by atoms with E-state index in [9.17, 15) is 10.1 Å². The second-order valence-electron chi connectivity index (χ2n) is 7.48. The Bertz CT molecular complexity index is 1430. The summed E-state index contributed by atoms with van der Waals surface area (Å²) >= 11 is 0. The molecule has 0 fully saturated rings. The lowest BCUT2D eigenvalue weighted by atomic mass is 10.1. The van der Waals surface area contributed by atoms with Gasteiger partial charge >= 0.3 is 0 Å². The van der Waals surface area contributed by atoms with Crippen LogP contribution in [0.2, 0.25) is 0 Å². The molecule has 0 saturated carbocycles. The lowest BCUT2D eigenvalue weighted by Gasteiger charge is -2.10. The summed E-state index contributed by atoms with van der Waals surface area (Å²) in [6.07, 6.45) is 2.84. The molecule has 2 aromatic heterocycles. The Labute approximate surface area is 209 Å². The number of fused-ring (bicyclic) bond motifs is 1. The molecule has 3 heterocycles. The number of benzene rings is 2. The second-order valence-corrected chi connectivity index (χ2v) is 7.48. The van der Waals surface area contributed by atoms with Crippen LogP contribution >= 0.6 is 0 Å². The van der Waals surface area contributed by atoms with Gasteiger partial charge in [-0.2, -0.15) is 20.1 Å². The minimum atomic E-state index is -0.528. The van der Waals surface area contributed by atoms with Crippen LogP contribution in [0.1, 0.15) is 11.3 Å².